The predicted molar refractivity (Wildman–Crippen MR) is 71.3 cm³/mol. The Balaban J connectivity index is 2.41. The minimum Gasteiger partial charge on any atom is -0.462 e. The van der Waals surface area contributed by atoms with Gasteiger partial charge in [0.15, 0.2) is 5.69 Å². The van der Waals surface area contributed by atoms with Crippen molar-refractivity contribution >= 4 is 23.5 Å². The monoisotopic (exact) mass is 294 g/mol. The number of hydrogen-bond acceptors (Lipinski definition) is 5. The van der Waals surface area contributed by atoms with Gasteiger partial charge >= 0.3 is 5.97 Å². The van der Waals surface area contributed by atoms with Crippen molar-refractivity contribution in [3.63, 3.8) is 0 Å². The first kappa shape index (κ1) is 14.0. The van der Waals surface area contributed by atoms with Gasteiger partial charge in [-0.2, -0.15) is 15.4 Å². The number of aromatic amines is 1. The smallest absolute Gasteiger partial charge is 0.339 e. The average Bonchev–Trinajstić information content (AvgIpc) is 2.88. The molecule has 1 aromatic carbocycles. The Bertz CT molecular complexity index is 668. The zero-order valence-corrected chi connectivity index (χ0v) is 11.3. The molecule has 8 heteroatoms. The number of hydrogen-bond donors (Lipinski definition) is 2. The Morgan fingerprint density at radius 2 is 2.15 bits per heavy atom. The number of H-pyrrole nitrogens is 1. The molecule has 1 heterocycles. The summed E-state index contributed by atoms with van der Waals surface area (Å²) in [4.78, 5) is 22.8. The number of nitrogens with zero attached hydrogens (tertiary/aromatic N) is 2. The van der Waals surface area contributed by atoms with Crippen LogP contribution >= 0.6 is 11.6 Å². The van der Waals surface area contributed by atoms with Crippen LogP contribution in [0.5, 0.6) is 0 Å². The van der Waals surface area contributed by atoms with Gasteiger partial charge in [0.2, 0.25) is 0 Å². The van der Waals surface area contributed by atoms with Gasteiger partial charge in [0, 0.05) is 5.56 Å². The lowest BCUT2D eigenvalue weighted by molar-refractivity contribution is 0.0526. The Labute approximate surface area is 119 Å². The molecule has 2 aromatic rings. The van der Waals surface area contributed by atoms with Gasteiger partial charge in [0.25, 0.3) is 5.91 Å². The van der Waals surface area contributed by atoms with Crippen molar-refractivity contribution in [1.29, 1.82) is 0 Å². The van der Waals surface area contributed by atoms with E-state index in [-0.39, 0.29) is 28.6 Å². The molecule has 0 aliphatic carbocycles. The molecule has 0 radical (unpaired) electrons. The Morgan fingerprint density at radius 3 is 2.75 bits per heavy atom. The molecule has 20 heavy (non-hydrogen) atoms. The number of primary amides is 1. The van der Waals surface area contributed by atoms with Crippen LogP contribution in [0.25, 0.3) is 11.3 Å². The van der Waals surface area contributed by atoms with E-state index < -0.39 is 11.9 Å². The molecule has 3 N–H and O–H groups in total. The van der Waals surface area contributed by atoms with Crippen molar-refractivity contribution in [1.82, 2.24) is 15.4 Å². The highest BCUT2D eigenvalue weighted by molar-refractivity contribution is 6.33. The van der Waals surface area contributed by atoms with E-state index in [0.29, 0.717) is 5.56 Å². The number of benzene rings is 1. The van der Waals surface area contributed by atoms with Gasteiger partial charge in [0.05, 0.1) is 17.2 Å². The molecule has 0 fully saturated rings. The Hall–Kier alpha value is -2.41. The second-order valence-electron chi connectivity index (χ2n) is 3.80. The summed E-state index contributed by atoms with van der Waals surface area (Å²) in [6.07, 6.45) is 0. The maximum Gasteiger partial charge on any atom is 0.339 e. The number of rotatable bonds is 4. The van der Waals surface area contributed by atoms with Crippen molar-refractivity contribution in [3.05, 3.63) is 34.5 Å². The molecular formula is C12H11ClN4O3. The molecular weight excluding hydrogens is 284 g/mol. The summed E-state index contributed by atoms with van der Waals surface area (Å²) in [7, 11) is 0. The number of carbonyl (C=O) groups excluding carboxylic acids is 2. The summed E-state index contributed by atoms with van der Waals surface area (Å²) < 4.78 is 4.87. The van der Waals surface area contributed by atoms with E-state index in [1.54, 1.807) is 13.0 Å². The molecule has 0 atom stereocenters. The van der Waals surface area contributed by atoms with E-state index in [4.69, 9.17) is 22.1 Å². The number of halogens is 1. The summed E-state index contributed by atoms with van der Waals surface area (Å²) >= 11 is 6.03. The fraction of sp³-hybridized carbons (Fsp3) is 0.167. The van der Waals surface area contributed by atoms with Crippen LogP contribution in [0, 0.1) is 0 Å². The molecule has 0 aliphatic heterocycles. The third-order valence-electron chi connectivity index (χ3n) is 2.52. The van der Waals surface area contributed by atoms with Crippen LogP contribution in [0.4, 0.5) is 0 Å². The minimum atomic E-state index is -0.709. The lowest BCUT2D eigenvalue weighted by Gasteiger charge is -2.05. The van der Waals surface area contributed by atoms with Crippen molar-refractivity contribution < 1.29 is 14.3 Å². The third kappa shape index (κ3) is 2.62. The molecule has 0 spiro atoms. The fourth-order valence-corrected chi connectivity index (χ4v) is 1.90. The zero-order chi connectivity index (χ0) is 14.7. The standard InChI is InChI=1S/C12H11ClN4O3/c1-2-20-12(19)7-4-3-6(5-8(7)13)9-10(11(14)18)16-17-15-9/h3-5H,2H2,1H3,(H2,14,18)(H,15,16,17). The Kier molecular flexibility index (Phi) is 3.99. The topological polar surface area (TPSA) is 111 Å². The van der Waals surface area contributed by atoms with Gasteiger partial charge in [-0.05, 0) is 19.1 Å². The van der Waals surface area contributed by atoms with E-state index in [0.717, 1.165) is 0 Å². The Morgan fingerprint density at radius 1 is 1.40 bits per heavy atom. The second-order valence-corrected chi connectivity index (χ2v) is 4.21. The molecule has 2 rings (SSSR count). The van der Waals surface area contributed by atoms with Gasteiger partial charge in [-0.25, -0.2) is 4.79 Å². The fourth-order valence-electron chi connectivity index (χ4n) is 1.64. The molecule has 1 amide bonds. The van der Waals surface area contributed by atoms with Crippen LogP contribution in [0.2, 0.25) is 5.02 Å². The molecule has 7 nitrogen and oxygen atoms in total. The summed E-state index contributed by atoms with van der Waals surface area (Å²) in [5.74, 6) is -1.22. The molecule has 0 saturated heterocycles. The van der Waals surface area contributed by atoms with Crippen molar-refractivity contribution in [3.8, 4) is 11.3 Å². The lowest BCUT2D eigenvalue weighted by atomic mass is 10.1. The maximum absolute atomic E-state index is 11.6. The van der Waals surface area contributed by atoms with Crippen molar-refractivity contribution in [2.45, 2.75) is 6.92 Å². The molecule has 1 aromatic heterocycles. The normalized spacial score (nSPS) is 10.3. The largest absolute Gasteiger partial charge is 0.462 e. The van der Waals surface area contributed by atoms with Crippen LogP contribution in [0.15, 0.2) is 18.2 Å². The number of aromatic nitrogens is 3. The van der Waals surface area contributed by atoms with E-state index >= 15 is 0 Å². The van der Waals surface area contributed by atoms with Gasteiger partial charge in [0.1, 0.15) is 5.69 Å². The van der Waals surface area contributed by atoms with Crippen LogP contribution in [0.1, 0.15) is 27.8 Å². The molecule has 0 aliphatic rings. The summed E-state index contributed by atoms with van der Waals surface area (Å²) in [6, 6.07) is 4.58. The highest BCUT2D eigenvalue weighted by atomic mass is 35.5. The van der Waals surface area contributed by atoms with Crippen LogP contribution < -0.4 is 5.73 Å². The van der Waals surface area contributed by atoms with E-state index in [1.807, 2.05) is 0 Å². The maximum atomic E-state index is 11.6. The minimum absolute atomic E-state index is 0.00458. The number of nitrogens with one attached hydrogen (secondary N) is 1. The molecule has 0 saturated carbocycles. The number of carbonyl (C=O) groups is 2. The van der Waals surface area contributed by atoms with Gasteiger partial charge in [-0.3, -0.25) is 4.79 Å². The molecule has 0 bridgehead atoms. The van der Waals surface area contributed by atoms with Crippen LogP contribution in [-0.2, 0) is 4.74 Å². The van der Waals surface area contributed by atoms with Crippen LogP contribution in [-0.4, -0.2) is 33.9 Å². The molecule has 104 valence electrons. The first-order valence-corrected chi connectivity index (χ1v) is 6.10. The zero-order valence-electron chi connectivity index (χ0n) is 10.5. The van der Waals surface area contributed by atoms with E-state index in [1.165, 1.54) is 12.1 Å². The van der Waals surface area contributed by atoms with E-state index in [9.17, 15) is 9.59 Å². The number of nitrogens with two attached hydrogens (primary N) is 1. The SMILES string of the molecule is CCOC(=O)c1ccc(-c2n[nH]nc2C(N)=O)cc1Cl. The number of ether oxygens (including phenoxy) is 1. The van der Waals surface area contributed by atoms with Crippen molar-refractivity contribution in [2.75, 3.05) is 6.61 Å². The average molecular weight is 295 g/mol. The highest BCUT2D eigenvalue weighted by Crippen LogP contribution is 2.26. The first-order valence-electron chi connectivity index (χ1n) is 5.72. The second kappa shape index (κ2) is 5.70. The lowest BCUT2D eigenvalue weighted by Crippen LogP contribution is -2.12. The number of esters is 1. The van der Waals surface area contributed by atoms with Gasteiger partial charge in [-0.1, -0.05) is 17.7 Å². The van der Waals surface area contributed by atoms with E-state index in [2.05, 4.69) is 15.4 Å². The van der Waals surface area contributed by atoms with Gasteiger partial charge in [-0.15, -0.1) is 0 Å². The van der Waals surface area contributed by atoms with Crippen LogP contribution in [0.3, 0.4) is 0 Å². The summed E-state index contributed by atoms with van der Waals surface area (Å²) in [6.45, 7) is 1.96. The van der Waals surface area contributed by atoms with Gasteiger partial charge < -0.3 is 10.5 Å². The summed E-state index contributed by atoms with van der Waals surface area (Å²) in [5, 5.41) is 10.0. The quantitative estimate of drug-likeness (QED) is 0.828. The summed E-state index contributed by atoms with van der Waals surface area (Å²) in [5.41, 5.74) is 6.22. The van der Waals surface area contributed by atoms with Crippen molar-refractivity contribution in [2.24, 2.45) is 5.73 Å². The highest BCUT2D eigenvalue weighted by Gasteiger charge is 2.18. The molecule has 0 unspecified atom stereocenters. The first-order chi connectivity index (χ1) is 9.54. The predicted octanol–water partition coefficient (Wildman–Crippen LogP) is 1.40. The third-order valence-corrected chi connectivity index (χ3v) is 2.83. The number of amides is 1.